The van der Waals surface area contributed by atoms with Crippen molar-refractivity contribution < 1.29 is 14.1 Å². The Labute approximate surface area is 177 Å². The lowest BCUT2D eigenvalue weighted by Gasteiger charge is -2.15. The quantitative estimate of drug-likeness (QED) is 0.351. The molecular weight excluding hydrogens is 406 g/mol. The molecule has 2 aromatic heterocycles. The molecule has 4 rings (SSSR count). The second-order valence-electron chi connectivity index (χ2n) is 6.73. The van der Waals surface area contributed by atoms with Crippen LogP contribution in [0.25, 0.3) is 10.9 Å². The van der Waals surface area contributed by atoms with Crippen LogP contribution in [0.5, 0.6) is 0 Å². The molecule has 0 amide bonds. The Bertz CT molecular complexity index is 1170. The molecule has 0 aliphatic heterocycles. The van der Waals surface area contributed by atoms with E-state index in [0.717, 1.165) is 16.5 Å². The van der Waals surface area contributed by atoms with Gasteiger partial charge in [0, 0.05) is 16.1 Å². The van der Waals surface area contributed by atoms with E-state index in [2.05, 4.69) is 15.2 Å². The standard InChI is InChI=1S/C21H20ClN5O3/c1-2-29-21(28)19-25-20(30-26-19)18(11-8-13-6-9-14(22)10-7-13)27-17-5-3-4-16(23)15(17)12-24-27/h3-7,9-10,12,18H,2,8,11,23H2,1H3. The van der Waals surface area contributed by atoms with Gasteiger partial charge in [-0.05, 0) is 54.8 Å². The summed E-state index contributed by atoms with van der Waals surface area (Å²) in [6.45, 7) is 1.94. The normalized spacial score (nSPS) is 12.2. The third kappa shape index (κ3) is 3.99. The van der Waals surface area contributed by atoms with Crippen LogP contribution in [0.15, 0.2) is 53.2 Å². The highest BCUT2D eigenvalue weighted by molar-refractivity contribution is 6.30. The molecule has 2 heterocycles. The zero-order valence-corrected chi connectivity index (χ0v) is 17.0. The van der Waals surface area contributed by atoms with Crippen LogP contribution in [-0.2, 0) is 11.2 Å². The second kappa shape index (κ2) is 8.54. The largest absolute Gasteiger partial charge is 0.460 e. The number of ether oxygens (including phenoxy) is 1. The first-order valence-electron chi connectivity index (χ1n) is 9.53. The van der Waals surface area contributed by atoms with Crippen molar-refractivity contribution in [1.29, 1.82) is 0 Å². The number of carbonyl (C=O) groups excluding carboxylic acids is 1. The Hall–Kier alpha value is -3.39. The monoisotopic (exact) mass is 425 g/mol. The number of rotatable bonds is 7. The predicted molar refractivity (Wildman–Crippen MR) is 112 cm³/mol. The number of hydrogen-bond acceptors (Lipinski definition) is 7. The smallest absolute Gasteiger partial charge is 0.379 e. The van der Waals surface area contributed by atoms with Crippen LogP contribution in [-0.4, -0.2) is 32.5 Å². The average Bonchev–Trinajstić information content (AvgIpc) is 3.39. The Balaban J connectivity index is 1.70. The molecule has 30 heavy (non-hydrogen) atoms. The van der Waals surface area contributed by atoms with Gasteiger partial charge in [-0.25, -0.2) is 4.79 Å². The summed E-state index contributed by atoms with van der Waals surface area (Å²) in [5, 5.41) is 9.82. The number of hydrogen-bond donors (Lipinski definition) is 1. The van der Waals surface area contributed by atoms with Gasteiger partial charge in [0.2, 0.25) is 0 Å². The molecule has 1 atom stereocenters. The topological polar surface area (TPSA) is 109 Å². The fourth-order valence-corrected chi connectivity index (χ4v) is 3.42. The first kappa shape index (κ1) is 19.9. The number of fused-ring (bicyclic) bond motifs is 1. The maximum absolute atomic E-state index is 12.0. The van der Waals surface area contributed by atoms with Crippen molar-refractivity contribution >= 4 is 34.2 Å². The number of aromatic nitrogens is 4. The molecule has 2 N–H and O–H groups in total. The number of carbonyl (C=O) groups is 1. The number of aryl methyl sites for hydroxylation is 1. The van der Waals surface area contributed by atoms with Gasteiger partial charge in [0.15, 0.2) is 0 Å². The van der Waals surface area contributed by atoms with E-state index in [1.165, 1.54) is 0 Å². The third-order valence-corrected chi connectivity index (χ3v) is 5.03. The van der Waals surface area contributed by atoms with Crippen LogP contribution < -0.4 is 5.73 Å². The van der Waals surface area contributed by atoms with Gasteiger partial charge < -0.3 is 15.0 Å². The van der Waals surface area contributed by atoms with Crippen molar-refractivity contribution in [1.82, 2.24) is 19.9 Å². The molecule has 0 aliphatic carbocycles. The van der Waals surface area contributed by atoms with Crippen molar-refractivity contribution in [3.8, 4) is 0 Å². The van der Waals surface area contributed by atoms with E-state index in [4.69, 9.17) is 26.6 Å². The molecule has 0 bridgehead atoms. The molecule has 0 aliphatic rings. The van der Waals surface area contributed by atoms with Gasteiger partial charge in [0.25, 0.3) is 11.7 Å². The summed E-state index contributed by atoms with van der Waals surface area (Å²) in [7, 11) is 0. The van der Waals surface area contributed by atoms with E-state index in [0.29, 0.717) is 23.6 Å². The zero-order chi connectivity index (χ0) is 21.1. The van der Waals surface area contributed by atoms with Crippen LogP contribution in [0.2, 0.25) is 5.02 Å². The average molecular weight is 426 g/mol. The summed E-state index contributed by atoms with van der Waals surface area (Å²) in [5.41, 5.74) is 8.66. The maximum atomic E-state index is 12.0. The lowest BCUT2D eigenvalue weighted by molar-refractivity contribution is 0.0508. The Morgan fingerprint density at radius 3 is 2.83 bits per heavy atom. The predicted octanol–water partition coefficient (Wildman–Crippen LogP) is 4.05. The minimum Gasteiger partial charge on any atom is -0.460 e. The first-order chi connectivity index (χ1) is 14.6. The van der Waals surface area contributed by atoms with E-state index >= 15 is 0 Å². The molecule has 8 nitrogen and oxygen atoms in total. The third-order valence-electron chi connectivity index (χ3n) is 4.77. The fraction of sp³-hybridized carbons (Fsp3) is 0.238. The van der Waals surface area contributed by atoms with Crippen molar-refractivity contribution in [3.05, 3.63) is 71.0 Å². The highest BCUT2D eigenvalue weighted by Gasteiger charge is 2.26. The van der Waals surface area contributed by atoms with Crippen molar-refractivity contribution in [2.45, 2.75) is 25.8 Å². The molecule has 4 aromatic rings. The Morgan fingerprint density at radius 1 is 1.27 bits per heavy atom. The van der Waals surface area contributed by atoms with Gasteiger partial charge in [-0.1, -0.05) is 29.8 Å². The second-order valence-corrected chi connectivity index (χ2v) is 7.16. The molecule has 0 saturated heterocycles. The van der Waals surface area contributed by atoms with E-state index in [1.54, 1.807) is 17.8 Å². The van der Waals surface area contributed by atoms with Crippen molar-refractivity contribution in [2.75, 3.05) is 12.3 Å². The lowest BCUT2D eigenvalue weighted by atomic mass is 10.0. The van der Waals surface area contributed by atoms with Gasteiger partial charge in [0.05, 0.1) is 18.3 Å². The number of esters is 1. The molecular formula is C21H20ClN5O3. The first-order valence-corrected chi connectivity index (χ1v) is 9.91. The number of nitrogens with zero attached hydrogens (tertiary/aromatic N) is 4. The van der Waals surface area contributed by atoms with Crippen LogP contribution in [0.3, 0.4) is 0 Å². The van der Waals surface area contributed by atoms with E-state index in [-0.39, 0.29) is 18.3 Å². The van der Waals surface area contributed by atoms with Crippen LogP contribution in [0.1, 0.15) is 41.5 Å². The Kier molecular flexibility index (Phi) is 5.67. The van der Waals surface area contributed by atoms with E-state index in [1.807, 2.05) is 42.5 Å². The minimum absolute atomic E-state index is 0.112. The van der Waals surface area contributed by atoms with E-state index in [9.17, 15) is 4.79 Å². The number of nitrogens with two attached hydrogens (primary N) is 1. The summed E-state index contributed by atoms with van der Waals surface area (Å²) in [6.07, 6.45) is 3.03. The molecule has 154 valence electrons. The van der Waals surface area contributed by atoms with Crippen molar-refractivity contribution in [2.24, 2.45) is 0 Å². The van der Waals surface area contributed by atoms with Gasteiger partial charge in [-0.2, -0.15) is 10.1 Å². The summed E-state index contributed by atoms with van der Waals surface area (Å²) in [4.78, 5) is 16.3. The van der Waals surface area contributed by atoms with Crippen LogP contribution in [0, 0.1) is 0 Å². The molecule has 0 saturated carbocycles. The Morgan fingerprint density at radius 2 is 2.07 bits per heavy atom. The summed E-state index contributed by atoms with van der Waals surface area (Å²) in [6, 6.07) is 12.9. The summed E-state index contributed by atoms with van der Waals surface area (Å²) < 4.78 is 12.2. The fourth-order valence-electron chi connectivity index (χ4n) is 3.30. The van der Waals surface area contributed by atoms with E-state index < -0.39 is 12.0 Å². The number of nitrogen functional groups attached to an aromatic ring is 1. The number of halogens is 1. The molecule has 2 aromatic carbocycles. The molecule has 0 radical (unpaired) electrons. The van der Waals surface area contributed by atoms with Gasteiger partial charge >= 0.3 is 5.97 Å². The van der Waals surface area contributed by atoms with Gasteiger partial charge in [-0.15, -0.1) is 0 Å². The molecule has 9 heteroatoms. The highest BCUT2D eigenvalue weighted by Crippen LogP contribution is 2.29. The van der Waals surface area contributed by atoms with Crippen molar-refractivity contribution in [3.63, 3.8) is 0 Å². The van der Waals surface area contributed by atoms with Gasteiger partial charge in [0.1, 0.15) is 6.04 Å². The molecule has 0 fully saturated rings. The lowest BCUT2D eigenvalue weighted by Crippen LogP contribution is -2.14. The highest BCUT2D eigenvalue weighted by atomic mass is 35.5. The molecule has 1 unspecified atom stereocenters. The number of anilines is 1. The summed E-state index contributed by atoms with van der Waals surface area (Å²) >= 11 is 5.99. The number of benzene rings is 2. The molecule has 0 spiro atoms. The summed E-state index contributed by atoms with van der Waals surface area (Å²) in [5.74, 6) is -0.461. The van der Waals surface area contributed by atoms with Crippen LogP contribution >= 0.6 is 11.6 Å². The van der Waals surface area contributed by atoms with Crippen LogP contribution in [0.4, 0.5) is 5.69 Å². The van der Waals surface area contributed by atoms with Gasteiger partial charge in [-0.3, -0.25) is 4.68 Å². The SMILES string of the molecule is CCOC(=O)c1noc(C(CCc2ccc(Cl)cc2)n2ncc3c(N)cccc32)n1. The maximum Gasteiger partial charge on any atom is 0.379 e. The zero-order valence-electron chi connectivity index (χ0n) is 16.3. The minimum atomic E-state index is -0.626.